The molecule has 0 spiro atoms. The molecule has 0 aromatic rings. The van der Waals surface area contributed by atoms with Crippen molar-refractivity contribution in [2.75, 3.05) is 0 Å². The lowest BCUT2D eigenvalue weighted by Crippen LogP contribution is -2.07. The van der Waals surface area contributed by atoms with E-state index in [0.717, 1.165) is 6.92 Å². The Kier molecular flexibility index (Phi) is 1.69. The third kappa shape index (κ3) is 5.43. The largest absolute Gasteiger partial charge is 0.481 e. The van der Waals surface area contributed by atoms with Crippen LogP contribution < -0.4 is 0 Å². The van der Waals surface area contributed by atoms with Crippen LogP contribution >= 0.6 is 0 Å². The van der Waals surface area contributed by atoms with Gasteiger partial charge < -0.3 is 10.2 Å². The summed E-state index contributed by atoms with van der Waals surface area (Å²) in [4.78, 5) is 9.73. The molecule has 3 nitrogen and oxygen atoms in total. The normalized spacial score (nSPS) is 20.0. The molecule has 0 amide bonds. The van der Waals surface area contributed by atoms with Crippen LogP contribution in [0, 0.1) is 0 Å². The van der Waals surface area contributed by atoms with Gasteiger partial charge in [0.15, 0.2) is 0 Å². The van der Waals surface area contributed by atoms with E-state index in [0.29, 0.717) is 0 Å². The van der Waals surface area contributed by atoms with Gasteiger partial charge in [-0.15, -0.1) is 0 Å². The molecule has 0 radical (unpaired) electrons. The molecule has 42 valence electrons. The number of carboxylic acid groups (broad SMARTS) is 1. The maximum absolute atomic E-state index is 9.73. The van der Waals surface area contributed by atoms with E-state index in [1.165, 1.54) is 0 Å². The molecule has 0 saturated heterocycles. The molecule has 0 aliphatic heterocycles. The second-order valence-electron chi connectivity index (χ2n) is 1.31. The summed E-state index contributed by atoms with van der Waals surface area (Å²) >= 11 is 0. The molecule has 0 heterocycles. The van der Waals surface area contributed by atoms with Crippen molar-refractivity contribution in [2.24, 2.45) is 0 Å². The SMILES string of the molecule is [2H][C@](C)(O)CC(=O)O. The first-order valence-electron chi connectivity index (χ1n) is 2.36. The monoisotopic (exact) mass is 105 g/mol. The van der Waals surface area contributed by atoms with E-state index in [1.54, 1.807) is 0 Å². The fourth-order valence-electron chi connectivity index (χ4n) is 0.219. The summed E-state index contributed by atoms with van der Waals surface area (Å²) in [5.41, 5.74) is 0. The Labute approximate surface area is 43.0 Å². The van der Waals surface area contributed by atoms with Crippen LogP contribution in [0.2, 0.25) is 0 Å². The van der Waals surface area contributed by atoms with Crippen LogP contribution in [0.1, 0.15) is 14.7 Å². The first-order valence-corrected chi connectivity index (χ1v) is 1.86. The minimum atomic E-state index is -1.83. The van der Waals surface area contributed by atoms with Crippen molar-refractivity contribution in [3.63, 3.8) is 0 Å². The first-order chi connectivity index (χ1) is 3.42. The van der Waals surface area contributed by atoms with Crippen molar-refractivity contribution in [1.82, 2.24) is 0 Å². The number of rotatable bonds is 2. The average molecular weight is 105 g/mol. The van der Waals surface area contributed by atoms with E-state index in [2.05, 4.69) is 0 Å². The average Bonchev–Trinajstić information content (AvgIpc) is 1.21. The molecular weight excluding hydrogens is 96.0 g/mol. The van der Waals surface area contributed by atoms with Crippen molar-refractivity contribution < 1.29 is 16.4 Å². The summed E-state index contributed by atoms with van der Waals surface area (Å²) in [7, 11) is 0. The van der Waals surface area contributed by atoms with Crippen molar-refractivity contribution in [3.05, 3.63) is 0 Å². The van der Waals surface area contributed by atoms with Crippen molar-refractivity contribution in [3.8, 4) is 0 Å². The third-order valence-corrected chi connectivity index (χ3v) is 0.407. The second kappa shape index (κ2) is 2.58. The van der Waals surface area contributed by atoms with Crippen LogP contribution in [-0.2, 0) is 4.79 Å². The lowest BCUT2D eigenvalue weighted by molar-refractivity contribution is -0.138. The molecule has 0 unspecified atom stereocenters. The highest BCUT2D eigenvalue weighted by molar-refractivity contribution is 5.67. The molecule has 0 fully saturated rings. The molecule has 0 aliphatic rings. The Morgan fingerprint density at radius 3 is 2.57 bits per heavy atom. The van der Waals surface area contributed by atoms with E-state index in [1.807, 2.05) is 0 Å². The van der Waals surface area contributed by atoms with E-state index in [-0.39, 0.29) is 0 Å². The molecular formula is C4H8O3. The van der Waals surface area contributed by atoms with E-state index < -0.39 is 18.5 Å². The Morgan fingerprint density at radius 1 is 2.14 bits per heavy atom. The number of carbonyl (C=O) groups is 1. The van der Waals surface area contributed by atoms with Gasteiger partial charge in [-0.3, -0.25) is 4.79 Å². The third-order valence-electron chi connectivity index (χ3n) is 0.407. The van der Waals surface area contributed by atoms with Crippen molar-refractivity contribution in [2.45, 2.75) is 19.4 Å². The van der Waals surface area contributed by atoms with Gasteiger partial charge in [0.2, 0.25) is 0 Å². The van der Waals surface area contributed by atoms with Gasteiger partial charge in [-0.25, -0.2) is 0 Å². The molecule has 1 atom stereocenters. The molecule has 0 saturated carbocycles. The van der Waals surface area contributed by atoms with Gasteiger partial charge in [0, 0.05) is 0 Å². The zero-order chi connectivity index (χ0) is 6.78. The first kappa shape index (κ1) is 4.59. The van der Waals surface area contributed by atoms with Gasteiger partial charge in [-0.05, 0) is 6.92 Å². The highest BCUT2D eigenvalue weighted by Crippen LogP contribution is 1.85. The van der Waals surface area contributed by atoms with Crippen molar-refractivity contribution in [1.29, 1.82) is 0 Å². The fraction of sp³-hybridized carbons (Fsp3) is 0.750. The number of aliphatic hydroxyl groups is 1. The fourth-order valence-corrected chi connectivity index (χ4v) is 0.219. The summed E-state index contributed by atoms with van der Waals surface area (Å²) in [5, 5.41) is 16.4. The predicted molar refractivity (Wildman–Crippen MR) is 23.9 cm³/mol. The lowest BCUT2D eigenvalue weighted by atomic mass is 10.3. The molecule has 2 N–H and O–H groups in total. The van der Waals surface area contributed by atoms with Gasteiger partial charge in [-0.2, -0.15) is 0 Å². The molecule has 7 heavy (non-hydrogen) atoms. The van der Waals surface area contributed by atoms with Crippen LogP contribution in [0.4, 0.5) is 0 Å². The minimum absolute atomic E-state index is 0.535. The van der Waals surface area contributed by atoms with Crippen LogP contribution in [0.3, 0.4) is 0 Å². The zero-order valence-electron chi connectivity index (χ0n) is 5.01. The highest BCUT2D eigenvalue weighted by Gasteiger charge is 2.00. The van der Waals surface area contributed by atoms with Gasteiger partial charge in [0.1, 0.15) is 0 Å². The van der Waals surface area contributed by atoms with Gasteiger partial charge in [-0.1, -0.05) is 0 Å². The maximum Gasteiger partial charge on any atom is 0.305 e. The Hall–Kier alpha value is -0.570. The van der Waals surface area contributed by atoms with Crippen LogP contribution in [0.25, 0.3) is 0 Å². The standard InChI is InChI=1S/C4H8O3/c1-3(5)2-4(6)7/h3,5H,2H2,1H3,(H,6,7)/t3-/m1/s1/i3D. The lowest BCUT2D eigenvalue weighted by Gasteiger charge is -1.94. The smallest absolute Gasteiger partial charge is 0.305 e. The summed E-state index contributed by atoms with van der Waals surface area (Å²) in [6.45, 7) is 1.13. The summed E-state index contributed by atoms with van der Waals surface area (Å²) in [5.74, 6) is -1.16. The maximum atomic E-state index is 9.73. The van der Waals surface area contributed by atoms with Crippen LogP contribution in [0.5, 0.6) is 0 Å². The second-order valence-corrected chi connectivity index (χ2v) is 1.31. The Bertz CT molecular complexity index is 93.9. The number of aliphatic carboxylic acids is 1. The van der Waals surface area contributed by atoms with Gasteiger partial charge in [0.05, 0.1) is 13.9 Å². The summed E-state index contributed by atoms with van der Waals surface area (Å²) < 4.78 is 6.64. The van der Waals surface area contributed by atoms with E-state index in [4.69, 9.17) is 11.6 Å². The molecule has 0 aromatic heterocycles. The van der Waals surface area contributed by atoms with E-state index >= 15 is 0 Å². The van der Waals surface area contributed by atoms with E-state index in [9.17, 15) is 4.79 Å². The zero-order valence-corrected chi connectivity index (χ0v) is 4.01. The van der Waals surface area contributed by atoms with Crippen molar-refractivity contribution >= 4 is 5.97 Å². The Morgan fingerprint density at radius 2 is 2.57 bits per heavy atom. The number of hydrogen-bond acceptors (Lipinski definition) is 2. The van der Waals surface area contributed by atoms with Crippen LogP contribution in [-0.4, -0.2) is 22.3 Å². The summed E-state index contributed by atoms with van der Waals surface area (Å²) in [6.07, 6.45) is -2.36. The predicted octanol–water partition coefficient (Wildman–Crippen LogP) is -0.158. The van der Waals surface area contributed by atoms with Gasteiger partial charge in [0.25, 0.3) is 0 Å². The quantitative estimate of drug-likeness (QED) is 0.513. The summed E-state index contributed by atoms with van der Waals surface area (Å²) in [6, 6.07) is 0. The molecule has 0 aliphatic carbocycles. The molecule has 0 aromatic carbocycles. The topological polar surface area (TPSA) is 57.5 Å². The number of carboxylic acids is 1. The van der Waals surface area contributed by atoms with Gasteiger partial charge >= 0.3 is 5.97 Å². The minimum Gasteiger partial charge on any atom is -0.481 e. The molecule has 0 bridgehead atoms. The molecule has 3 heteroatoms. The van der Waals surface area contributed by atoms with Crippen LogP contribution in [0.15, 0.2) is 0 Å². The molecule has 0 rings (SSSR count). The highest BCUT2D eigenvalue weighted by atomic mass is 16.4. The number of hydrogen-bond donors (Lipinski definition) is 2. The Balaban J connectivity index is 3.55.